The smallest absolute Gasteiger partial charge is 0.270 e. The highest BCUT2D eigenvalue weighted by Crippen LogP contribution is 2.27. The molecule has 3 rings (SSSR count). The highest BCUT2D eigenvalue weighted by Gasteiger charge is 2.17. The molecule has 2 aromatic carbocycles. The molecule has 0 spiro atoms. The van der Waals surface area contributed by atoms with Gasteiger partial charge in [-0.2, -0.15) is 0 Å². The number of carbonyl (C=O) groups is 1. The van der Waals surface area contributed by atoms with Gasteiger partial charge in [0.1, 0.15) is 0 Å². The third kappa shape index (κ3) is 2.91. The number of nitro groups is 1. The maximum absolute atomic E-state index is 12.5. The summed E-state index contributed by atoms with van der Waals surface area (Å²) in [5, 5.41) is 14.6. The minimum absolute atomic E-state index is 0.0449. The van der Waals surface area contributed by atoms with Crippen LogP contribution in [-0.2, 0) is 0 Å². The summed E-state index contributed by atoms with van der Waals surface area (Å²) in [4.78, 5) is 27.1. The van der Waals surface area contributed by atoms with Gasteiger partial charge in [0, 0.05) is 23.7 Å². The van der Waals surface area contributed by atoms with Gasteiger partial charge in [-0.25, -0.2) is 0 Å². The summed E-state index contributed by atoms with van der Waals surface area (Å²) in [6.07, 6.45) is 1.68. The Balaban J connectivity index is 2.01. The second-order valence-electron chi connectivity index (χ2n) is 5.20. The molecule has 0 saturated heterocycles. The van der Waals surface area contributed by atoms with E-state index in [1.54, 1.807) is 18.3 Å². The average molecular weight is 342 g/mol. The number of non-ortho nitro benzene ring substituents is 1. The fourth-order valence-corrected chi connectivity index (χ4v) is 2.62. The predicted octanol–water partition coefficient (Wildman–Crippen LogP) is 4.36. The quantitative estimate of drug-likeness (QED) is 0.566. The summed E-state index contributed by atoms with van der Waals surface area (Å²) in [5.74, 6) is -0.516. The van der Waals surface area contributed by atoms with Crippen LogP contribution in [0.3, 0.4) is 0 Å². The Labute approximate surface area is 142 Å². The Bertz CT molecular complexity index is 972. The van der Waals surface area contributed by atoms with Gasteiger partial charge in [-0.15, -0.1) is 0 Å². The Kier molecular flexibility index (Phi) is 4.14. The number of nitrogens with one attached hydrogen (secondary N) is 1. The number of nitro benzene ring substituents is 1. The molecule has 0 aliphatic carbocycles. The van der Waals surface area contributed by atoms with Crippen molar-refractivity contribution in [1.29, 1.82) is 0 Å². The molecule has 120 valence electrons. The third-order valence-electron chi connectivity index (χ3n) is 3.62. The minimum atomic E-state index is -0.571. The summed E-state index contributed by atoms with van der Waals surface area (Å²) in [6, 6.07) is 11.0. The Morgan fingerprint density at radius 2 is 2.04 bits per heavy atom. The van der Waals surface area contributed by atoms with Gasteiger partial charge in [-0.1, -0.05) is 17.7 Å². The zero-order valence-electron chi connectivity index (χ0n) is 12.6. The standard InChI is InChI=1S/C17H12ClN3O3/c1-10-4-7-15(12-3-2-8-19-16(10)12)20-17(22)13-9-11(21(23)24)5-6-14(13)18/h2-9H,1H3,(H,20,22). The molecule has 6 nitrogen and oxygen atoms in total. The van der Waals surface area contributed by atoms with Crippen LogP contribution in [0.25, 0.3) is 10.9 Å². The minimum Gasteiger partial charge on any atom is -0.321 e. The van der Waals surface area contributed by atoms with Crippen LogP contribution in [-0.4, -0.2) is 15.8 Å². The maximum Gasteiger partial charge on any atom is 0.270 e. The first-order valence-electron chi connectivity index (χ1n) is 7.07. The normalized spacial score (nSPS) is 10.6. The Hall–Kier alpha value is -2.99. The van der Waals surface area contributed by atoms with E-state index in [9.17, 15) is 14.9 Å². The molecule has 24 heavy (non-hydrogen) atoms. The summed E-state index contributed by atoms with van der Waals surface area (Å²) < 4.78 is 0. The molecule has 3 aromatic rings. The molecule has 1 aromatic heterocycles. The fourth-order valence-electron chi connectivity index (χ4n) is 2.41. The van der Waals surface area contributed by atoms with Gasteiger partial charge in [0.15, 0.2) is 0 Å². The number of pyridine rings is 1. The molecule has 1 heterocycles. The molecule has 0 unspecified atom stereocenters. The van der Waals surface area contributed by atoms with Gasteiger partial charge in [-0.3, -0.25) is 19.9 Å². The zero-order valence-corrected chi connectivity index (χ0v) is 13.4. The SMILES string of the molecule is Cc1ccc(NC(=O)c2cc([N+](=O)[O-])ccc2Cl)c2cccnc12. The van der Waals surface area contributed by atoms with E-state index in [1.165, 1.54) is 12.1 Å². The van der Waals surface area contributed by atoms with Crippen molar-refractivity contribution in [1.82, 2.24) is 4.98 Å². The van der Waals surface area contributed by atoms with Crippen LogP contribution in [0.2, 0.25) is 5.02 Å². The van der Waals surface area contributed by atoms with E-state index in [0.717, 1.165) is 22.5 Å². The number of fused-ring (bicyclic) bond motifs is 1. The van der Waals surface area contributed by atoms with Crippen LogP contribution in [0.4, 0.5) is 11.4 Å². The molecule has 0 radical (unpaired) electrons. The lowest BCUT2D eigenvalue weighted by Gasteiger charge is -2.10. The average Bonchev–Trinajstić information content (AvgIpc) is 2.57. The van der Waals surface area contributed by atoms with Gasteiger partial charge < -0.3 is 5.32 Å². The second-order valence-corrected chi connectivity index (χ2v) is 5.61. The molecule has 0 saturated carbocycles. The number of anilines is 1. The molecular weight excluding hydrogens is 330 g/mol. The molecule has 1 N–H and O–H groups in total. The lowest BCUT2D eigenvalue weighted by Crippen LogP contribution is -2.13. The fraction of sp³-hybridized carbons (Fsp3) is 0.0588. The summed E-state index contributed by atoms with van der Waals surface area (Å²) in [7, 11) is 0. The largest absolute Gasteiger partial charge is 0.321 e. The predicted molar refractivity (Wildman–Crippen MR) is 92.5 cm³/mol. The molecule has 1 amide bonds. The molecule has 0 aliphatic rings. The molecular formula is C17H12ClN3O3. The van der Waals surface area contributed by atoms with E-state index in [2.05, 4.69) is 10.3 Å². The van der Waals surface area contributed by atoms with E-state index in [-0.39, 0.29) is 16.3 Å². The molecule has 0 atom stereocenters. The highest BCUT2D eigenvalue weighted by molar-refractivity contribution is 6.34. The summed E-state index contributed by atoms with van der Waals surface area (Å²) in [6.45, 7) is 1.93. The van der Waals surface area contributed by atoms with Crippen molar-refractivity contribution >= 4 is 39.8 Å². The lowest BCUT2D eigenvalue weighted by molar-refractivity contribution is -0.384. The van der Waals surface area contributed by atoms with Gasteiger partial charge in [0.05, 0.1) is 26.7 Å². The van der Waals surface area contributed by atoms with Crippen LogP contribution in [0, 0.1) is 17.0 Å². The number of amides is 1. The van der Waals surface area contributed by atoms with Crippen molar-refractivity contribution in [3.8, 4) is 0 Å². The number of aromatic nitrogens is 1. The summed E-state index contributed by atoms with van der Waals surface area (Å²) >= 11 is 6.01. The molecule has 0 fully saturated rings. The van der Waals surface area contributed by atoms with Crippen LogP contribution in [0.5, 0.6) is 0 Å². The van der Waals surface area contributed by atoms with Gasteiger partial charge in [0.2, 0.25) is 0 Å². The van der Waals surface area contributed by atoms with Crippen LogP contribution in [0.15, 0.2) is 48.7 Å². The maximum atomic E-state index is 12.5. The highest BCUT2D eigenvalue weighted by atomic mass is 35.5. The number of halogens is 1. The van der Waals surface area contributed by atoms with Crippen molar-refractivity contribution in [3.63, 3.8) is 0 Å². The van der Waals surface area contributed by atoms with Crippen molar-refractivity contribution in [3.05, 3.63) is 74.9 Å². The van der Waals surface area contributed by atoms with Crippen molar-refractivity contribution in [2.24, 2.45) is 0 Å². The van der Waals surface area contributed by atoms with Crippen LogP contribution < -0.4 is 5.32 Å². The van der Waals surface area contributed by atoms with Gasteiger partial charge in [-0.05, 0) is 36.8 Å². The molecule has 7 heteroatoms. The molecule has 0 aliphatic heterocycles. The van der Waals surface area contributed by atoms with E-state index in [0.29, 0.717) is 5.69 Å². The van der Waals surface area contributed by atoms with Gasteiger partial charge >= 0.3 is 0 Å². The third-order valence-corrected chi connectivity index (χ3v) is 3.95. The number of rotatable bonds is 3. The monoisotopic (exact) mass is 341 g/mol. The number of hydrogen-bond acceptors (Lipinski definition) is 4. The number of hydrogen-bond donors (Lipinski definition) is 1. The van der Waals surface area contributed by atoms with E-state index >= 15 is 0 Å². The van der Waals surface area contributed by atoms with Gasteiger partial charge in [0.25, 0.3) is 11.6 Å². The van der Waals surface area contributed by atoms with E-state index in [4.69, 9.17) is 11.6 Å². The zero-order chi connectivity index (χ0) is 17.3. The Morgan fingerprint density at radius 3 is 2.79 bits per heavy atom. The number of aryl methyl sites for hydroxylation is 1. The van der Waals surface area contributed by atoms with Crippen molar-refractivity contribution < 1.29 is 9.72 Å². The molecule has 0 bridgehead atoms. The van der Waals surface area contributed by atoms with Crippen molar-refractivity contribution in [2.75, 3.05) is 5.32 Å². The first-order valence-corrected chi connectivity index (χ1v) is 7.45. The first-order chi connectivity index (χ1) is 11.5. The topological polar surface area (TPSA) is 85.1 Å². The number of nitrogens with zero attached hydrogens (tertiary/aromatic N) is 2. The number of benzene rings is 2. The number of carbonyl (C=O) groups excluding carboxylic acids is 1. The van der Waals surface area contributed by atoms with Crippen molar-refractivity contribution in [2.45, 2.75) is 6.92 Å². The van der Waals surface area contributed by atoms with Crippen LogP contribution >= 0.6 is 11.6 Å². The van der Waals surface area contributed by atoms with E-state index < -0.39 is 10.8 Å². The second kappa shape index (κ2) is 6.25. The first kappa shape index (κ1) is 15.9. The Morgan fingerprint density at radius 1 is 1.25 bits per heavy atom. The van der Waals surface area contributed by atoms with E-state index in [1.807, 2.05) is 19.1 Å². The van der Waals surface area contributed by atoms with Crippen LogP contribution in [0.1, 0.15) is 15.9 Å². The summed E-state index contributed by atoms with van der Waals surface area (Å²) in [5.41, 5.74) is 2.18. The lowest BCUT2D eigenvalue weighted by atomic mass is 10.1.